The molecule has 10 heteroatoms. The quantitative estimate of drug-likeness (QED) is 0.398. The highest BCUT2D eigenvalue weighted by atomic mass is 16.5. The first-order chi connectivity index (χ1) is 19.3. The summed E-state index contributed by atoms with van der Waals surface area (Å²) >= 11 is 0. The molecule has 1 unspecified atom stereocenters. The van der Waals surface area contributed by atoms with Crippen LogP contribution in [0.25, 0.3) is 0 Å². The Morgan fingerprint density at radius 1 is 0.800 bits per heavy atom. The molecule has 0 aromatic heterocycles. The smallest absolute Gasteiger partial charge is 0.323 e. The molecule has 1 atom stereocenters. The standard InChI is InChI=1S/C30H41N3O7/c1-7-30(35)29(8-10-31(11-9-29)20-22-14-24(37-3)18-25(15-22)38-4)32(12-13-36-2)28(34)33(30)21-23-16-26(39-5)19-27(17-23)40-6/h7,14-19,35H,1,8-13,20-21H2,2-6H3. The second-order valence-corrected chi connectivity index (χ2v) is 10.2. The molecule has 2 fully saturated rings. The van der Waals surface area contributed by atoms with Gasteiger partial charge in [0.1, 0.15) is 23.0 Å². The number of nitrogens with zero attached hydrogens (tertiary/aromatic N) is 3. The number of aliphatic hydroxyl groups is 1. The molecule has 2 aliphatic rings. The Kier molecular flexibility index (Phi) is 9.12. The van der Waals surface area contributed by atoms with Crippen LogP contribution in [0.2, 0.25) is 0 Å². The maximum Gasteiger partial charge on any atom is 0.323 e. The SMILES string of the molecule is C=CC1(O)N(Cc2cc(OC)cc(OC)c2)C(=O)N(CCOC)C12CCN(Cc1cc(OC)cc(OC)c1)CC2. The minimum Gasteiger partial charge on any atom is -0.497 e. The lowest BCUT2D eigenvalue weighted by molar-refractivity contribution is -0.119. The summed E-state index contributed by atoms with van der Waals surface area (Å²) < 4.78 is 27.1. The Morgan fingerprint density at radius 2 is 1.27 bits per heavy atom. The van der Waals surface area contributed by atoms with Crippen LogP contribution in [0, 0.1) is 0 Å². The van der Waals surface area contributed by atoms with Crippen molar-refractivity contribution in [2.75, 3.05) is 61.8 Å². The largest absolute Gasteiger partial charge is 0.497 e. The molecule has 2 saturated heterocycles. The van der Waals surface area contributed by atoms with E-state index in [0.717, 1.165) is 22.6 Å². The zero-order valence-corrected chi connectivity index (χ0v) is 24.1. The topological polar surface area (TPSA) is 93.2 Å². The average molecular weight is 556 g/mol. The van der Waals surface area contributed by atoms with E-state index in [1.54, 1.807) is 46.5 Å². The number of amides is 2. The summed E-state index contributed by atoms with van der Waals surface area (Å²) in [5.74, 6) is 2.69. The minimum atomic E-state index is -1.60. The van der Waals surface area contributed by atoms with Gasteiger partial charge in [0.2, 0.25) is 0 Å². The van der Waals surface area contributed by atoms with Crippen LogP contribution in [0.4, 0.5) is 4.79 Å². The minimum absolute atomic E-state index is 0.160. The number of benzene rings is 2. The Balaban J connectivity index is 1.61. The van der Waals surface area contributed by atoms with Gasteiger partial charge in [-0.2, -0.15) is 0 Å². The van der Waals surface area contributed by atoms with Crippen molar-refractivity contribution in [3.63, 3.8) is 0 Å². The average Bonchev–Trinajstić information content (AvgIpc) is 3.14. The normalized spacial score (nSPS) is 20.6. The third-order valence-corrected chi connectivity index (χ3v) is 8.13. The van der Waals surface area contributed by atoms with Gasteiger partial charge in [0.15, 0.2) is 5.72 Å². The molecular weight excluding hydrogens is 514 g/mol. The van der Waals surface area contributed by atoms with Gasteiger partial charge in [-0.1, -0.05) is 6.58 Å². The number of hydrogen-bond donors (Lipinski definition) is 1. The fourth-order valence-electron chi connectivity index (χ4n) is 5.98. The fraction of sp³-hybridized carbons (Fsp3) is 0.500. The maximum absolute atomic E-state index is 14.0. The molecule has 0 bridgehead atoms. The Bertz CT molecular complexity index is 1150. The number of hydrogen-bond acceptors (Lipinski definition) is 8. The number of rotatable bonds is 12. The van der Waals surface area contributed by atoms with Crippen LogP contribution < -0.4 is 18.9 Å². The predicted molar refractivity (Wildman–Crippen MR) is 151 cm³/mol. The van der Waals surface area contributed by atoms with Crippen LogP contribution in [0.5, 0.6) is 23.0 Å². The lowest BCUT2D eigenvalue weighted by atomic mass is 9.77. The summed E-state index contributed by atoms with van der Waals surface area (Å²) in [6.45, 7) is 6.92. The van der Waals surface area contributed by atoms with Crippen molar-refractivity contribution in [2.24, 2.45) is 0 Å². The van der Waals surface area contributed by atoms with E-state index >= 15 is 0 Å². The van der Waals surface area contributed by atoms with Crippen LogP contribution in [0.3, 0.4) is 0 Å². The molecule has 0 radical (unpaired) electrons. The third kappa shape index (κ3) is 5.43. The van der Waals surface area contributed by atoms with E-state index in [9.17, 15) is 9.90 Å². The lowest BCUT2D eigenvalue weighted by Gasteiger charge is -2.50. The summed E-state index contributed by atoms with van der Waals surface area (Å²) in [6, 6.07) is 11.1. The molecule has 1 N–H and O–H groups in total. The van der Waals surface area contributed by atoms with Gasteiger partial charge in [-0.05, 0) is 54.3 Å². The number of carbonyl (C=O) groups is 1. The number of methoxy groups -OCH3 is 5. The molecule has 2 aromatic rings. The van der Waals surface area contributed by atoms with E-state index < -0.39 is 11.3 Å². The molecule has 4 rings (SSSR count). The number of ether oxygens (including phenoxy) is 5. The van der Waals surface area contributed by atoms with E-state index in [4.69, 9.17) is 23.7 Å². The Labute approximate surface area is 236 Å². The molecule has 2 aromatic carbocycles. The summed E-state index contributed by atoms with van der Waals surface area (Å²) in [6.07, 6.45) is 2.63. The molecular formula is C30H41N3O7. The van der Waals surface area contributed by atoms with Crippen LogP contribution in [0.1, 0.15) is 24.0 Å². The van der Waals surface area contributed by atoms with Gasteiger partial charge in [-0.15, -0.1) is 0 Å². The first-order valence-electron chi connectivity index (χ1n) is 13.4. The van der Waals surface area contributed by atoms with Crippen molar-refractivity contribution in [3.8, 4) is 23.0 Å². The summed E-state index contributed by atoms with van der Waals surface area (Å²) in [4.78, 5) is 19.6. The van der Waals surface area contributed by atoms with Crippen molar-refractivity contribution >= 4 is 6.03 Å². The van der Waals surface area contributed by atoms with E-state index in [-0.39, 0.29) is 12.6 Å². The molecule has 2 heterocycles. The van der Waals surface area contributed by atoms with Crippen molar-refractivity contribution < 1.29 is 33.6 Å². The molecule has 0 saturated carbocycles. The maximum atomic E-state index is 14.0. The molecule has 1 spiro atoms. The van der Waals surface area contributed by atoms with E-state index in [1.807, 2.05) is 30.3 Å². The molecule has 2 aliphatic heterocycles. The number of likely N-dealkylation sites (tertiary alicyclic amines) is 1. The van der Waals surface area contributed by atoms with Gasteiger partial charge in [-0.25, -0.2) is 4.79 Å². The third-order valence-electron chi connectivity index (χ3n) is 8.13. The molecule has 10 nitrogen and oxygen atoms in total. The number of piperidine rings is 1. The van der Waals surface area contributed by atoms with Crippen molar-refractivity contribution in [3.05, 3.63) is 60.2 Å². The molecule has 2 amide bonds. The van der Waals surface area contributed by atoms with Crippen molar-refractivity contribution in [1.29, 1.82) is 0 Å². The highest BCUT2D eigenvalue weighted by molar-refractivity contribution is 5.80. The molecule has 0 aliphatic carbocycles. The summed E-state index contributed by atoms with van der Waals surface area (Å²) in [7, 11) is 8.04. The number of urea groups is 1. The zero-order chi connectivity index (χ0) is 28.9. The van der Waals surface area contributed by atoms with Gasteiger partial charge < -0.3 is 33.7 Å². The van der Waals surface area contributed by atoms with Gasteiger partial charge >= 0.3 is 6.03 Å². The van der Waals surface area contributed by atoms with Crippen LogP contribution in [0.15, 0.2) is 49.1 Å². The summed E-state index contributed by atoms with van der Waals surface area (Å²) in [5.41, 5.74) is -0.619. The van der Waals surface area contributed by atoms with Crippen LogP contribution in [-0.4, -0.2) is 98.9 Å². The second kappa shape index (κ2) is 12.4. The predicted octanol–water partition coefficient (Wildman–Crippen LogP) is 3.51. The number of carbonyl (C=O) groups excluding carboxylic acids is 1. The highest BCUT2D eigenvalue weighted by Crippen LogP contribution is 2.48. The first-order valence-corrected chi connectivity index (χ1v) is 13.4. The van der Waals surface area contributed by atoms with Crippen molar-refractivity contribution in [1.82, 2.24) is 14.7 Å². The summed E-state index contributed by atoms with van der Waals surface area (Å²) in [5, 5.41) is 12.3. The van der Waals surface area contributed by atoms with Gasteiger partial charge in [0.05, 0.1) is 47.1 Å². The lowest BCUT2D eigenvalue weighted by Crippen LogP contribution is -2.64. The second-order valence-electron chi connectivity index (χ2n) is 10.2. The van der Waals surface area contributed by atoms with Crippen LogP contribution >= 0.6 is 0 Å². The zero-order valence-electron chi connectivity index (χ0n) is 24.1. The van der Waals surface area contributed by atoms with E-state index in [0.29, 0.717) is 57.1 Å². The molecule has 218 valence electrons. The molecule has 40 heavy (non-hydrogen) atoms. The van der Waals surface area contributed by atoms with Gasteiger partial charge in [0, 0.05) is 45.4 Å². The first kappa shape index (κ1) is 29.5. The van der Waals surface area contributed by atoms with Crippen molar-refractivity contribution in [2.45, 2.75) is 37.2 Å². The van der Waals surface area contributed by atoms with E-state index in [1.165, 1.54) is 11.0 Å². The van der Waals surface area contributed by atoms with Gasteiger partial charge in [0.25, 0.3) is 0 Å². The van der Waals surface area contributed by atoms with Gasteiger partial charge in [-0.3, -0.25) is 9.80 Å². The fourth-order valence-corrected chi connectivity index (χ4v) is 5.98. The van der Waals surface area contributed by atoms with Crippen LogP contribution in [-0.2, 0) is 17.8 Å². The monoisotopic (exact) mass is 555 g/mol. The Hall–Kier alpha value is -3.47. The highest BCUT2D eigenvalue weighted by Gasteiger charge is 2.65. The Morgan fingerprint density at radius 3 is 1.70 bits per heavy atom. The van der Waals surface area contributed by atoms with E-state index in [2.05, 4.69) is 11.5 Å².